The lowest BCUT2D eigenvalue weighted by Gasteiger charge is -2.21. The Bertz CT molecular complexity index is 1220. The van der Waals surface area contributed by atoms with Gasteiger partial charge in [0.1, 0.15) is 25.6 Å². The number of pyridine rings is 1. The molecule has 160 valence electrons. The third kappa shape index (κ3) is 3.62. The molecule has 0 radical (unpaired) electrons. The molecule has 0 bridgehead atoms. The molecule has 1 N–H and O–H groups in total. The highest BCUT2D eigenvalue weighted by Crippen LogP contribution is 2.33. The van der Waals surface area contributed by atoms with E-state index in [-0.39, 0.29) is 11.5 Å². The van der Waals surface area contributed by atoms with Crippen LogP contribution in [-0.2, 0) is 17.6 Å². The zero-order chi connectivity index (χ0) is 21.4. The molecule has 0 spiro atoms. The lowest BCUT2D eigenvalue weighted by atomic mass is 9.95. The lowest BCUT2D eigenvalue weighted by Crippen LogP contribution is -2.33. The van der Waals surface area contributed by atoms with Gasteiger partial charge in [-0.15, -0.1) is 0 Å². The highest BCUT2D eigenvalue weighted by molar-refractivity contribution is 5.94. The molecule has 1 atom stereocenters. The van der Waals surface area contributed by atoms with Crippen LogP contribution in [0.5, 0.6) is 11.5 Å². The Morgan fingerprint density at radius 2 is 1.97 bits per heavy atom. The summed E-state index contributed by atoms with van der Waals surface area (Å²) in [6.07, 6.45) is 5.94. The third-order valence-electron chi connectivity index (χ3n) is 5.88. The Hall–Kier alpha value is -3.42. The summed E-state index contributed by atoms with van der Waals surface area (Å²) in [5.41, 5.74) is 2.94. The molecule has 2 aliphatic rings. The van der Waals surface area contributed by atoms with E-state index in [4.69, 9.17) is 9.47 Å². The van der Waals surface area contributed by atoms with Crippen molar-refractivity contribution in [2.45, 2.75) is 45.1 Å². The number of nitrogens with zero attached hydrogens (tertiary/aromatic N) is 3. The molecule has 0 unspecified atom stereocenters. The fraction of sp³-hybridized carbons (Fsp3) is 0.391. The number of carbonyl (C=O) groups is 1. The molecule has 8 nitrogen and oxygen atoms in total. The van der Waals surface area contributed by atoms with Gasteiger partial charge < -0.3 is 14.8 Å². The lowest BCUT2D eigenvalue weighted by molar-refractivity contribution is -0.119. The first-order chi connectivity index (χ1) is 15.1. The Labute approximate surface area is 179 Å². The van der Waals surface area contributed by atoms with Gasteiger partial charge in [0, 0.05) is 17.4 Å². The van der Waals surface area contributed by atoms with Crippen LogP contribution in [0.4, 0.5) is 5.69 Å². The number of fused-ring (bicyclic) bond motifs is 3. The predicted octanol–water partition coefficient (Wildman–Crippen LogP) is 3.03. The van der Waals surface area contributed by atoms with E-state index in [0.29, 0.717) is 47.9 Å². The quantitative estimate of drug-likeness (QED) is 0.697. The number of amides is 1. The van der Waals surface area contributed by atoms with Crippen LogP contribution in [0.25, 0.3) is 11.0 Å². The van der Waals surface area contributed by atoms with Crippen molar-refractivity contribution in [2.24, 2.45) is 0 Å². The zero-order valence-electron chi connectivity index (χ0n) is 17.4. The van der Waals surface area contributed by atoms with Gasteiger partial charge in [-0.3, -0.25) is 14.2 Å². The van der Waals surface area contributed by atoms with Crippen LogP contribution in [0.3, 0.4) is 0 Å². The minimum absolute atomic E-state index is 0.241. The van der Waals surface area contributed by atoms with Gasteiger partial charge in [-0.2, -0.15) is 0 Å². The third-order valence-corrected chi connectivity index (χ3v) is 5.88. The average Bonchev–Trinajstić information content (AvgIpc) is 2.80. The SMILES string of the molecule is CC[C@H](C(=O)Nc1ccc2c(c1)OCCO2)n1cnc2nc3c(cc2c1=O)CCCC3. The maximum absolute atomic E-state index is 13.2. The smallest absolute Gasteiger partial charge is 0.263 e. The van der Waals surface area contributed by atoms with Crippen LogP contribution in [0, 0.1) is 0 Å². The van der Waals surface area contributed by atoms with E-state index in [1.54, 1.807) is 18.2 Å². The second-order valence-corrected chi connectivity index (χ2v) is 7.90. The molecule has 1 aliphatic heterocycles. The topological polar surface area (TPSA) is 95.3 Å². The first-order valence-corrected chi connectivity index (χ1v) is 10.7. The molecule has 31 heavy (non-hydrogen) atoms. The molecule has 0 saturated carbocycles. The van der Waals surface area contributed by atoms with Gasteiger partial charge in [0.25, 0.3) is 5.56 Å². The van der Waals surface area contributed by atoms with Crippen LogP contribution < -0.4 is 20.3 Å². The summed E-state index contributed by atoms with van der Waals surface area (Å²) in [5, 5.41) is 3.36. The zero-order valence-corrected chi connectivity index (χ0v) is 17.4. The molecule has 5 rings (SSSR count). The van der Waals surface area contributed by atoms with Gasteiger partial charge >= 0.3 is 0 Å². The number of hydrogen-bond acceptors (Lipinski definition) is 6. The molecule has 1 aliphatic carbocycles. The Balaban J connectivity index is 1.45. The van der Waals surface area contributed by atoms with Crippen molar-refractivity contribution >= 4 is 22.6 Å². The number of rotatable bonds is 4. The fourth-order valence-electron chi connectivity index (χ4n) is 4.26. The van der Waals surface area contributed by atoms with Gasteiger partial charge in [-0.25, -0.2) is 9.97 Å². The first-order valence-electron chi connectivity index (χ1n) is 10.7. The second-order valence-electron chi connectivity index (χ2n) is 7.90. The van der Waals surface area contributed by atoms with Gasteiger partial charge in [-0.1, -0.05) is 6.92 Å². The largest absolute Gasteiger partial charge is 0.486 e. The summed E-state index contributed by atoms with van der Waals surface area (Å²) < 4.78 is 12.5. The number of ether oxygens (including phenoxy) is 2. The van der Waals surface area contributed by atoms with E-state index in [1.807, 2.05) is 13.0 Å². The van der Waals surface area contributed by atoms with E-state index in [2.05, 4.69) is 15.3 Å². The summed E-state index contributed by atoms with van der Waals surface area (Å²) >= 11 is 0. The molecule has 3 aromatic rings. The number of benzene rings is 1. The molecular weight excluding hydrogens is 396 g/mol. The number of anilines is 1. The van der Waals surface area contributed by atoms with Crippen LogP contribution in [0.15, 0.2) is 35.4 Å². The van der Waals surface area contributed by atoms with E-state index in [9.17, 15) is 9.59 Å². The molecular formula is C23H24N4O4. The maximum Gasteiger partial charge on any atom is 0.263 e. The van der Waals surface area contributed by atoms with Gasteiger partial charge in [0.2, 0.25) is 5.91 Å². The predicted molar refractivity (Wildman–Crippen MR) is 116 cm³/mol. The number of aromatic nitrogens is 3. The van der Waals surface area contributed by atoms with Crippen LogP contribution in [0.1, 0.15) is 43.5 Å². The Morgan fingerprint density at radius 3 is 2.81 bits per heavy atom. The first kappa shape index (κ1) is 19.5. The average molecular weight is 420 g/mol. The molecule has 0 fully saturated rings. The Morgan fingerprint density at radius 1 is 1.16 bits per heavy atom. The summed E-state index contributed by atoms with van der Waals surface area (Å²) in [7, 11) is 0. The van der Waals surface area contributed by atoms with Crippen LogP contribution in [-0.4, -0.2) is 33.7 Å². The van der Waals surface area contributed by atoms with E-state index < -0.39 is 6.04 Å². The molecule has 8 heteroatoms. The summed E-state index contributed by atoms with van der Waals surface area (Å²) in [6.45, 7) is 2.85. The molecule has 2 aromatic heterocycles. The van der Waals surface area contributed by atoms with E-state index >= 15 is 0 Å². The van der Waals surface area contributed by atoms with Gasteiger partial charge in [0.05, 0.1) is 5.39 Å². The number of aryl methyl sites for hydroxylation is 2. The van der Waals surface area contributed by atoms with Crippen molar-refractivity contribution in [3.8, 4) is 11.5 Å². The highest BCUT2D eigenvalue weighted by atomic mass is 16.6. The van der Waals surface area contributed by atoms with Crippen molar-refractivity contribution in [2.75, 3.05) is 18.5 Å². The maximum atomic E-state index is 13.2. The molecule has 0 saturated heterocycles. The fourth-order valence-corrected chi connectivity index (χ4v) is 4.26. The summed E-state index contributed by atoms with van der Waals surface area (Å²) in [6, 6.07) is 6.48. The van der Waals surface area contributed by atoms with Crippen molar-refractivity contribution in [1.82, 2.24) is 14.5 Å². The Kier molecular flexibility index (Phi) is 5.05. The number of hydrogen-bond donors (Lipinski definition) is 1. The molecule has 3 heterocycles. The monoisotopic (exact) mass is 420 g/mol. The van der Waals surface area contributed by atoms with Crippen LogP contribution >= 0.6 is 0 Å². The van der Waals surface area contributed by atoms with Crippen molar-refractivity contribution < 1.29 is 14.3 Å². The second kappa shape index (κ2) is 8.02. The normalized spacial score (nSPS) is 15.9. The van der Waals surface area contributed by atoms with Crippen LogP contribution in [0.2, 0.25) is 0 Å². The van der Waals surface area contributed by atoms with Gasteiger partial charge in [0.15, 0.2) is 17.1 Å². The number of carbonyl (C=O) groups excluding carboxylic acids is 1. The molecule has 1 aromatic carbocycles. The van der Waals surface area contributed by atoms with E-state index in [1.165, 1.54) is 10.9 Å². The number of nitrogens with one attached hydrogen (secondary N) is 1. The molecule has 1 amide bonds. The van der Waals surface area contributed by atoms with E-state index in [0.717, 1.165) is 36.9 Å². The summed E-state index contributed by atoms with van der Waals surface area (Å²) in [4.78, 5) is 35.3. The van der Waals surface area contributed by atoms with Crippen molar-refractivity contribution in [3.05, 3.63) is 52.2 Å². The van der Waals surface area contributed by atoms with Gasteiger partial charge in [-0.05, 0) is 55.9 Å². The van der Waals surface area contributed by atoms with Crippen molar-refractivity contribution in [1.29, 1.82) is 0 Å². The standard InChI is InChI=1S/C23H24N4O4/c1-2-18(22(28)25-15-7-8-19-20(12-15)31-10-9-30-19)27-13-24-21-16(23(27)29)11-14-5-3-4-6-17(14)26-21/h7-8,11-13,18H,2-6,9-10H2,1H3,(H,25,28)/t18-/m1/s1. The highest BCUT2D eigenvalue weighted by Gasteiger charge is 2.23. The minimum Gasteiger partial charge on any atom is -0.486 e. The summed E-state index contributed by atoms with van der Waals surface area (Å²) in [5.74, 6) is 0.966. The van der Waals surface area contributed by atoms with Crippen molar-refractivity contribution in [3.63, 3.8) is 0 Å². The minimum atomic E-state index is -0.686.